The zero-order valence-electron chi connectivity index (χ0n) is 12.0. The summed E-state index contributed by atoms with van der Waals surface area (Å²) in [4.78, 5) is 6.70. The van der Waals surface area contributed by atoms with Gasteiger partial charge in [0.1, 0.15) is 0 Å². The second-order valence-corrected chi connectivity index (χ2v) is 4.96. The second kappa shape index (κ2) is 8.23. The van der Waals surface area contributed by atoms with Crippen LogP contribution in [0.4, 0.5) is 5.69 Å². The van der Waals surface area contributed by atoms with Crippen molar-refractivity contribution in [2.24, 2.45) is 0 Å². The van der Waals surface area contributed by atoms with E-state index in [0.29, 0.717) is 6.04 Å². The van der Waals surface area contributed by atoms with Gasteiger partial charge in [0.15, 0.2) is 0 Å². The number of nitrogens with zero attached hydrogens (tertiary/aromatic N) is 2. The molecule has 0 fully saturated rings. The molecule has 0 spiro atoms. The fraction of sp³-hybridized carbons (Fsp3) is 0.312. The Balaban J connectivity index is 0.00000110. The molecule has 114 valence electrons. The molecule has 1 aromatic carbocycles. The van der Waals surface area contributed by atoms with Gasteiger partial charge < -0.3 is 10.2 Å². The number of fused-ring (bicyclic) bond motifs is 1. The first kappa shape index (κ1) is 17.8. The predicted molar refractivity (Wildman–Crippen MR) is 92.6 cm³/mol. The molecule has 0 amide bonds. The smallest absolute Gasteiger partial charge is 0.0530 e. The van der Waals surface area contributed by atoms with Gasteiger partial charge in [0, 0.05) is 37.7 Å². The summed E-state index contributed by atoms with van der Waals surface area (Å²) in [5.41, 5.74) is 3.97. The molecule has 1 unspecified atom stereocenters. The lowest BCUT2D eigenvalue weighted by atomic mass is 10.1. The van der Waals surface area contributed by atoms with Gasteiger partial charge in [-0.2, -0.15) is 0 Å². The minimum absolute atomic E-state index is 0. The van der Waals surface area contributed by atoms with Crippen LogP contribution in [0, 0.1) is 0 Å². The molecule has 0 aliphatic carbocycles. The van der Waals surface area contributed by atoms with Crippen molar-refractivity contribution in [2.75, 3.05) is 18.0 Å². The Labute approximate surface area is 138 Å². The minimum Gasteiger partial charge on any atom is -0.363 e. The average molecular weight is 326 g/mol. The van der Waals surface area contributed by atoms with Crippen LogP contribution >= 0.6 is 24.8 Å². The lowest BCUT2D eigenvalue weighted by Crippen LogP contribution is -2.31. The van der Waals surface area contributed by atoms with Gasteiger partial charge in [-0.25, -0.2) is 0 Å². The first-order valence-corrected chi connectivity index (χ1v) is 6.81. The van der Waals surface area contributed by atoms with Crippen LogP contribution in [0.2, 0.25) is 0 Å². The normalized spacial score (nSPS) is 15.0. The Bertz CT molecular complexity index is 548. The maximum Gasteiger partial charge on any atom is 0.0530 e. The molecule has 1 atom stereocenters. The summed E-state index contributed by atoms with van der Waals surface area (Å²) in [5, 5.41) is 3.48. The van der Waals surface area contributed by atoms with E-state index in [0.717, 1.165) is 19.6 Å². The summed E-state index contributed by atoms with van der Waals surface area (Å²) in [7, 11) is 0. The van der Waals surface area contributed by atoms with Crippen molar-refractivity contribution in [1.82, 2.24) is 10.3 Å². The quantitative estimate of drug-likeness (QED) is 0.914. The van der Waals surface area contributed by atoms with Crippen LogP contribution in [-0.4, -0.2) is 18.1 Å². The van der Waals surface area contributed by atoms with Crippen LogP contribution in [-0.2, 0) is 6.54 Å². The second-order valence-electron chi connectivity index (χ2n) is 4.96. The number of nitrogens with one attached hydrogen (secondary N) is 1. The molecule has 1 aromatic heterocycles. The molecule has 0 saturated carbocycles. The van der Waals surface area contributed by atoms with E-state index >= 15 is 0 Å². The van der Waals surface area contributed by atoms with E-state index in [-0.39, 0.29) is 24.8 Å². The van der Waals surface area contributed by atoms with E-state index in [1.165, 1.54) is 16.8 Å². The van der Waals surface area contributed by atoms with E-state index in [9.17, 15) is 0 Å². The molecule has 21 heavy (non-hydrogen) atoms. The first-order chi connectivity index (χ1) is 9.36. The van der Waals surface area contributed by atoms with E-state index in [4.69, 9.17) is 0 Å². The molecule has 2 aromatic rings. The molecule has 0 saturated heterocycles. The third kappa shape index (κ3) is 3.88. The molecule has 3 rings (SSSR count). The summed E-state index contributed by atoms with van der Waals surface area (Å²) in [6, 6.07) is 13.2. The Hall–Kier alpha value is -1.29. The SMILES string of the molecule is CC(c1cccnc1)N1CCNCc2ccccc21.Cl.Cl. The lowest BCUT2D eigenvalue weighted by molar-refractivity contribution is 0.637. The van der Waals surface area contributed by atoms with Crippen molar-refractivity contribution in [1.29, 1.82) is 0 Å². The Kier molecular flexibility index (Phi) is 6.96. The number of para-hydroxylation sites is 1. The topological polar surface area (TPSA) is 28.2 Å². The van der Waals surface area contributed by atoms with E-state index in [2.05, 4.69) is 52.5 Å². The van der Waals surface area contributed by atoms with Crippen molar-refractivity contribution < 1.29 is 0 Å². The summed E-state index contributed by atoms with van der Waals surface area (Å²) in [6.45, 7) is 5.23. The Morgan fingerprint density at radius 3 is 2.71 bits per heavy atom. The fourth-order valence-electron chi connectivity index (χ4n) is 2.69. The third-order valence-electron chi connectivity index (χ3n) is 3.78. The van der Waals surface area contributed by atoms with Gasteiger partial charge in [0.2, 0.25) is 0 Å². The number of rotatable bonds is 2. The number of anilines is 1. The highest BCUT2D eigenvalue weighted by Crippen LogP contribution is 2.30. The Morgan fingerprint density at radius 1 is 1.14 bits per heavy atom. The predicted octanol–water partition coefficient (Wildman–Crippen LogP) is 3.60. The van der Waals surface area contributed by atoms with E-state index < -0.39 is 0 Å². The van der Waals surface area contributed by atoms with Gasteiger partial charge in [-0.1, -0.05) is 24.3 Å². The number of aromatic nitrogens is 1. The maximum atomic E-state index is 4.24. The van der Waals surface area contributed by atoms with Crippen molar-refractivity contribution in [3.8, 4) is 0 Å². The van der Waals surface area contributed by atoms with Crippen molar-refractivity contribution >= 4 is 30.5 Å². The fourth-order valence-corrected chi connectivity index (χ4v) is 2.69. The number of hydrogen-bond acceptors (Lipinski definition) is 3. The molecule has 1 aliphatic heterocycles. The highest BCUT2D eigenvalue weighted by atomic mass is 35.5. The molecular formula is C16H21Cl2N3. The van der Waals surface area contributed by atoms with E-state index in [1.54, 1.807) is 0 Å². The molecule has 1 N–H and O–H groups in total. The van der Waals surface area contributed by atoms with Crippen LogP contribution in [0.5, 0.6) is 0 Å². The average Bonchev–Trinajstić information content (AvgIpc) is 2.70. The molecule has 1 aliphatic rings. The number of hydrogen-bond donors (Lipinski definition) is 1. The zero-order valence-corrected chi connectivity index (χ0v) is 13.7. The van der Waals surface area contributed by atoms with Crippen molar-refractivity contribution in [3.63, 3.8) is 0 Å². The van der Waals surface area contributed by atoms with Gasteiger partial charge in [-0.3, -0.25) is 4.98 Å². The monoisotopic (exact) mass is 325 g/mol. The molecular weight excluding hydrogens is 305 g/mol. The molecule has 0 bridgehead atoms. The number of benzene rings is 1. The highest BCUT2D eigenvalue weighted by molar-refractivity contribution is 5.85. The van der Waals surface area contributed by atoms with Crippen molar-refractivity contribution in [2.45, 2.75) is 19.5 Å². The standard InChI is InChI=1S/C16H19N3.2ClH/c1-13(14-6-4-8-17-11-14)19-10-9-18-12-15-5-2-3-7-16(15)19;;/h2-8,11,13,18H,9-10,12H2,1H3;2*1H. The van der Waals surface area contributed by atoms with Crippen LogP contribution < -0.4 is 10.2 Å². The van der Waals surface area contributed by atoms with Crippen molar-refractivity contribution in [3.05, 3.63) is 59.9 Å². The van der Waals surface area contributed by atoms with Gasteiger partial charge in [-0.05, 0) is 30.2 Å². The van der Waals surface area contributed by atoms with Crippen LogP contribution in [0.15, 0.2) is 48.8 Å². The van der Waals surface area contributed by atoms with Crippen LogP contribution in [0.1, 0.15) is 24.1 Å². The van der Waals surface area contributed by atoms with Gasteiger partial charge in [0.05, 0.1) is 6.04 Å². The molecule has 3 nitrogen and oxygen atoms in total. The summed E-state index contributed by atoms with van der Waals surface area (Å²) in [5.74, 6) is 0. The zero-order chi connectivity index (χ0) is 13.1. The van der Waals surface area contributed by atoms with E-state index in [1.807, 2.05) is 18.5 Å². The number of pyridine rings is 1. The minimum atomic E-state index is 0. The number of halogens is 2. The highest BCUT2D eigenvalue weighted by Gasteiger charge is 2.20. The molecule has 2 heterocycles. The van der Waals surface area contributed by atoms with Gasteiger partial charge in [-0.15, -0.1) is 24.8 Å². The van der Waals surface area contributed by atoms with Gasteiger partial charge in [0.25, 0.3) is 0 Å². The summed E-state index contributed by atoms with van der Waals surface area (Å²) in [6.07, 6.45) is 3.79. The van der Waals surface area contributed by atoms with Crippen LogP contribution in [0.3, 0.4) is 0 Å². The lowest BCUT2D eigenvalue weighted by Gasteiger charge is -2.31. The first-order valence-electron chi connectivity index (χ1n) is 6.81. The van der Waals surface area contributed by atoms with Gasteiger partial charge >= 0.3 is 0 Å². The largest absolute Gasteiger partial charge is 0.363 e. The Morgan fingerprint density at radius 2 is 1.95 bits per heavy atom. The third-order valence-corrected chi connectivity index (χ3v) is 3.78. The maximum absolute atomic E-state index is 4.24. The summed E-state index contributed by atoms with van der Waals surface area (Å²) >= 11 is 0. The van der Waals surface area contributed by atoms with Crippen LogP contribution in [0.25, 0.3) is 0 Å². The molecule has 5 heteroatoms. The molecule has 0 radical (unpaired) electrons. The summed E-state index contributed by atoms with van der Waals surface area (Å²) < 4.78 is 0.